The lowest BCUT2D eigenvalue weighted by Crippen LogP contribution is -2.23. The zero-order valence-corrected chi connectivity index (χ0v) is 10.6. The maximum atomic E-state index is 9.56. The standard InChI is InChI=1S/C14H19NO2/c1-4-15(5-2)11-6-7-12-10(3)8-14(16)17-13(12)9-11/h6-9,14,16H,4-5H2,1-3H3. The number of nitrogens with zero attached hydrogens (tertiary/aromatic N) is 1. The van der Waals surface area contributed by atoms with Crippen molar-refractivity contribution < 1.29 is 9.84 Å². The Balaban J connectivity index is 2.38. The van der Waals surface area contributed by atoms with Crippen molar-refractivity contribution in [1.29, 1.82) is 0 Å². The summed E-state index contributed by atoms with van der Waals surface area (Å²) in [6, 6.07) is 6.16. The predicted octanol–water partition coefficient (Wildman–Crippen LogP) is 2.65. The number of aliphatic hydroxyl groups excluding tert-OH is 1. The van der Waals surface area contributed by atoms with Crippen LogP contribution in [0.5, 0.6) is 5.75 Å². The zero-order valence-electron chi connectivity index (χ0n) is 10.6. The highest BCUT2D eigenvalue weighted by Crippen LogP contribution is 2.34. The Bertz CT molecular complexity index is 436. The van der Waals surface area contributed by atoms with Crippen molar-refractivity contribution in [3.63, 3.8) is 0 Å². The molecule has 0 saturated heterocycles. The molecule has 0 radical (unpaired) electrons. The molecular weight excluding hydrogens is 214 g/mol. The third-order valence-electron chi connectivity index (χ3n) is 3.16. The number of aliphatic hydroxyl groups is 1. The molecule has 92 valence electrons. The Morgan fingerprint density at radius 1 is 1.29 bits per heavy atom. The lowest BCUT2D eigenvalue weighted by Gasteiger charge is -2.25. The molecule has 0 fully saturated rings. The van der Waals surface area contributed by atoms with Crippen molar-refractivity contribution in [2.24, 2.45) is 0 Å². The number of anilines is 1. The molecule has 1 aromatic carbocycles. The van der Waals surface area contributed by atoms with Gasteiger partial charge in [0.15, 0.2) is 0 Å². The monoisotopic (exact) mass is 233 g/mol. The lowest BCUT2D eigenvalue weighted by atomic mass is 10.0. The van der Waals surface area contributed by atoms with E-state index in [1.54, 1.807) is 6.08 Å². The molecule has 0 saturated carbocycles. The Morgan fingerprint density at radius 3 is 2.65 bits per heavy atom. The van der Waals surface area contributed by atoms with Crippen LogP contribution in [0.2, 0.25) is 0 Å². The molecule has 1 aliphatic rings. The largest absolute Gasteiger partial charge is 0.461 e. The fourth-order valence-corrected chi connectivity index (χ4v) is 2.19. The molecule has 17 heavy (non-hydrogen) atoms. The Morgan fingerprint density at radius 2 is 2.00 bits per heavy atom. The van der Waals surface area contributed by atoms with Gasteiger partial charge in [-0.2, -0.15) is 0 Å². The van der Waals surface area contributed by atoms with E-state index in [4.69, 9.17) is 4.74 Å². The van der Waals surface area contributed by atoms with E-state index in [1.807, 2.05) is 13.0 Å². The van der Waals surface area contributed by atoms with Gasteiger partial charge in [0, 0.05) is 30.4 Å². The predicted molar refractivity (Wildman–Crippen MR) is 70.3 cm³/mol. The van der Waals surface area contributed by atoms with Crippen LogP contribution in [0.15, 0.2) is 24.3 Å². The second kappa shape index (κ2) is 4.80. The highest BCUT2D eigenvalue weighted by molar-refractivity contribution is 5.73. The van der Waals surface area contributed by atoms with Crippen LogP contribution < -0.4 is 9.64 Å². The number of benzene rings is 1. The van der Waals surface area contributed by atoms with E-state index in [9.17, 15) is 5.11 Å². The maximum absolute atomic E-state index is 9.56. The minimum Gasteiger partial charge on any atom is -0.461 e. The number of hydrogen-bond acceptors (Lipinski definition) is 3. The van der Waals surface area contributed by atoms with Crippen molar-refractivity contribution in [1.82, 2.24) is 0 Å². The normalized spacial score (nSPS) is 18.1. The summed E-state index contributed by atoms with van der Waals surface area (Å²) in [5.74, 6) is 0.766. The number of allylic oxidation sites excluding steroid dienone is 1. The third-order valence-corrected chi connectivity index (χ3v) is 3.16. The van der Waals surface area contributed by atoms with Crippen LogP contribution in [0, 0.1) is 0 Å². The highest BCUT2D eigenvalue weighted by Gasteiger charge is 2.17. The van der Waals surface area contributed by atoms with Crippen molar-refractivity contribution in [3.8, 4) is 5.75 Å². The molecular formula is C14H19NO2. The molecule has 0 bridgehead atoms. The molecule has 0 amide bonds. The number of ether oxygens (including phenoxy) is 1. The van der Waals surface area contributed by atoms with E-state index in [1.165, 1.54) is 0 Å². The first-order chi connectivity index (χ1) is 8.15. The zero-order chi connectivity index (χ0) is 12.4. The fourth-order valence-electron chi connectivity index (χ4n) is 2.19. The van der Waals surface area contributed by atoms with Gasteiger partial charge in [-0.25, -0.2) is 0 Å². The molecule has 3 heteroatoms. The highest BCUT2D eigenvalue weighted by atomic mass is 16.6. The van der Waals surface area contributed by atoms with Crippen LogP contribution in [-0.4, -0.2) is 24.5 Å². The third kappa shape index (κ3) is 2.29. The summed E-state index contributed by atoms with van der Waals surface area (Å²) in [5, 5.41) is 9.56. The van der Waals surface area contributed by atoms with Crippen LogP contribution in [0.1, 0.15) is 26.3 Å². The van der Waals surface area contributed by atoms with Gasteiger partial charge in [-0.3, -0.25) is 0 Å². The van der Waals surface area contributed by atoms with E-state index in [0.717, 1.165) is 35.7 Å². The van der Waals surface area contributed by atoms with Gasteiger partial charge >= 0.3 is 0 Å². The van der Waals surface area contributed by atoms with Gasteiger partial charge in [-0.1, -0.05) is 0 Å². The van der Waals surface area contributed by atoms with Gasteiger partial charge < -0.3 is 14.7 Å². The molecule has 1 N–H and O–H groups in total. The summed E-state index contributed by atoms with van der Waals surface area (Å²) in [6.07, 6.45) is 0.897. The number of rotatable bonds is 3. The summed E-state index contributed by atoms with van der Waals surface area (Å²) >= 11 is 0. The molecule has 1 heterocycles. The van der Waals surface area contributed by atoms with Crippen LogP contribution in [-0.2, 0) is 0 Å². The maximum Gasteiger partial charge on any atom is 0.217 e. The average molecular weight is 233 g/mol. The van der Waals surface area contributed by atoms with Gasteiger partial charge in [-0.05, 0) is 44.6 Å². The second-order valence-electron chi connectivity index (χ2n) is 4.21. The first-order valence-electron chi connectivity index (χ1n) is 6.08. The fraction of sp³-hybridized carbons (Fsp3) is 0.429. The second-order valence-corrected chi connectivity index (χ2v) is 4.21. The van der Waals surface area contributed by atoms with Gasteiger partial charge in [0.2, 0.25) is 6.29 Å². The summed E-state index contributed by atoms with van der Waals surface area (Å²) in [5.41, 5.74) is 3.26. The first kappa shape index (κ1) is 12.0. The van der Waals surface area contributed by atoms with Crippen LogP contribution in [0.3, 0.4) is 0 Å². The first-order valence-corrected chi connectivity index (χ1v) is 6.08. The Kier molecular flexibility index (Phi) is 3.38. The van der Waals surface area contributed by atoms with Gasteiger partial charge in [0.1, 0.15) is 5.75 Å². The van der Waals surface area contributed by atoms with Crippen molar-refractivity contribution >= 4 is 11.3 Å². The lowest BCUT2D eigenvalue weighted by molar-refractivity contribution is 0.0225. The van der Waals surface area contributed by atoms with Gasteiger partial charge in [0.05, 0.1) is 0 Å². The van der Waals surface area contributed by atoms with Crippen molar-refractivity contribution in [3.05, 3.63) is 29.8 Å². The quantitative estimate of drug-likeness (QED) is 0.871. The van der Waals surface area contributed by atoms with Crippen LogP contribution >= 0.6 is 0 Å². The summed E-state index contributed by atoms with van der Waals surface area (Å²) < 4.78 is 5.43. The molecule has 1 atom stereocenters. The molecule has 2 rings (SSSR count). The van der Waals surface area contributed by atoms with Crippen molar-refractivity contribution in [2.45, 2.75) is 27.1 Å². The Labute approximate surface area is 102 Å². The summed E-state index contributed by atoms with van der Waals surface area (Å²) in [4.78, 5) is 2.25. The van der Waals surface area contributed by atoms with E-state index >= 15 is 0 Å². The SMILES string of the molecule is CCN(CC)c1ccc2c(c1)OC(O)C=C2C. The van der Waals surface area contributed by atoms with Gasteiger partial charge in [-0.15, -0.1) is 0 Å². The molecule has 1 unspecified atom stereocenters. The van der Waals surface area contributed by atoms with Crippen LogP contribution in [0.4, 0.5) is 5.69 Å². The summed E-state index contributed by atoms with van der Waals surface area (Å²) in [7, 11) is 0. The van der Waals surface area contributed by atoms with E-state index in [0.29, 0.717) is 0 Å². The smallest absolute Gasteiger partial charge is 0.217 e. The Hall–Kier alpha value is -1.48. The minimum atomic E-state index is -0.825. The van der Waals surface area contributed by atoms with Crippen LogP contribution in [0.25, 0.3) is 5.57 Å². The van der Waals surface area contributed by atoms with E-state index in [2.05, 4.69) is 30.9 Å². The van der Waals surface area contributed by atoms with E-state index < -0.39 is 6.29 Å². The van der Waals surface area contributed by atoms with Crippen molar-refractivity contribution in [2.75, 3.05) is 18.0 Å². The molecule has 0 spiro atoms. The van der Waals surface area contributed by atoms with Gasteiger partial charge in [0.25, 0.3) is 0 Å². The molecule has 3 nitrogen and oxygen atoms in total. The number of hydrogen-bond donors (Lipinski definition) is 1. The molecule has 1 aliphatic heterocycles. The van der Waals surface area contributed by atoms with E-state index in [-0.39, 0.29) is 0 Å². The average Bonchev–Trinajstić information content (AvgIpc) is 2.30. The molecule has 1 aromatic rings. The topological polar surface area (TPSA) is 32.7 Å². The molecule has 0 aromatic heterocycles. The molecule has 0 aliphatic carbocycles. The summed E-state index contributed by atoms with van der Waals surface area (Å²) in [6.45, 7) is 8.18. The minimum absolute atomic E-state index is 0.766. The number of fused-ring (bicyclic) bond motifs is 1.